The Morgan fingerprint density at radius 1 is 0.923 bits per heavy atom. The molecule has 2 N–H and O–H groups in total. The van der Waals surface area contributed by atoms with Crippen molar-refractivity contribution in [3.63, 3.8) is 0 Å². The number of hydrogen-bond donors (Lipinski definition) is 2. The second-order valence-electron chi connectivity index (χ2n) is 17.6. The summed E-state index contributed by atoms with van der Waals surface area (Å²) in [5.41, 5.74) is 14.8. The average molecular weight is 731 g/mol. The molecule has 0 aliphatic carbocycles. The molecule has 3 aliphatic rings. The van der Waals surface area contributed by atoms with E-state index in [0.717, 1.165) is 93.2 Å². The lowest BCUT2D eigenvalue weighted by molar-refractivity contribution is 0.0540. The Balaban J connectivity index is 1.23. The van der Waals surface area contributed by atoms with Gasteiger partial charge in [-0.05, 0) is 102 Å². The smallest absolute Gasteiger partial charge is 0.420 e. The van der Waals surface area contributed by atoms with E-state index in [9.17, 15) is 4.79 Å². The number of carbonyl (C=O) groups excluding carboxylic acids is 1. The molecule has 52 heavy (non-hydrogen) atoms. The summed E-state index contributed by atoms with van der Waals surface area (Å²) in [7, 11) is 0.450. The van der Waals surface area contributed by atoms with E-state index in [4.69, 9.17) is 14.3 Å². The first-order chi connectivity index (χ1) is 24.4. The van der Waals surface area contributed by atoms with Gasteiger partial charge in [-0.25, -0.2) is 9.36 Å². The van der Waals surface area contributed by atoms with E-state index < -0.39 is 20.0 Å². The van der Waals surface area contributed by atoms with E-state index >= 15 is 0 Å². The first-order valence-corrected chi connectivity index (χ1v) is 22.0. The van der Waals surface area contributed by atoms with Gasteiger partial charge in [-0.2, -0.15) is 5.10 Å². The van der Waals surface area contributed by atoms with Gasteiger partial charge in [0.1, 0.15) is 11.4 Å². The van der Waals surface area contributed by atoms with E-state index in [-0.39, 0.29) is 5.04 Å². The molecule has 5 heterocycles. The highest BCUT2D eigenvalue weighted by Gasteiger charge is 2.37. The highest BCUT2D eigenvalue weighted by molar-refractivity contribution is 6.74. The number of anilines is 2. The van der Waals surface area contributed by atoms with Crippen molar-refractivity contribution in [2.75, 3.05) is 69.8 Å². The molecule has 1 aromatic carbocycles. The summed E-state index contributed by atoms with van der Waals surface area (Å²) >= 11 is 0. The van der Waals surface area contributed by atoms with Crippen LogP contribution < -0.4 is 15.8 Å². The fraction of sp³-hybridized carbons (Fsp3) is 0.600. The van der Waals surface area contributed by atoms with Gasteiger partial charge in [0.2, 0.25) is 0 Å². The van der Waals surface area contributed by atoms with Gasteiger partial charge in [-0.3, -0.25) is 15.5 Å². The van der Waals surface area contributed by atoms with E-state index in [1.54, 1.807) is 4.57 Å². The summed E-state index contributed by atoms with van der Waals surface area (Å²) in [6.45, 7) is 29.6. The van der Waals surface area contributed by atoms with Crippen LogP contribution in [-0.4, -0.2) is 104 Å². The number of hydrazine groups is 1. The minimum Gasteiger partial charge on any atom is -0.443 e. The van der Waals surface area contributed by atoms with Gasteiger partial charge in [0.25, 0.3) is 0 Å². The van der Waals surface area contributed by atoms with Gasteiger partial charge in [0.15, 0.2) is 8.32 Å². The largest absolute Gasteiger partial charge is 0.443 e. The van der Waals surface area contributed by atoms with Crippen LogP contribution in [0.2, 0.25) is 18.1 Å². The molecule has 3 aliphatic heterocycles. The number of aryl methyl sites for hydroxylation is 2. The Bertz CT molecular complexity index is 1760. The Morgan fingerprint density at radius 3 is 2.19 bits per heavy atom. The molecule has 2 fully saturated rings. The van der Waals surface area contributed by atoms with Crippen LogP contribution in [0.5, 0.6) is 0 Å². The van der Waals surface area contributed by atoms with Crippen LogP contribution in [-0.2, 0) is 9.16 Å². The molecule has 0 saturated carbocycles. The maximum atomic E-state index is 13.5. The number of hydrogen-bond acceptors (Lipinski definition) is 9. The molecular formula is C40H62N8O3Si. The van der Waals surface area contributed by atoms with Crippen LogP contribution >= 0.6 is 0 Å². The third-order valence-corrected chi connectivity index (χ3v) is 15.9. The number of nitrogens with one attached hydrogen (secondary N) is 2. The first-order valence-electron chi connectivity index (χ1n) is 19.1. The van der Waals surface area contributed by atoms with Gasteiger partial charge >= 0.3 is 6.09 Å². The van der Waals surface area contributed by atoms with Crippen LogP contribution in [0.4, 0.5) is 16.3 Å². The zero-order valence-electron chi connectivity index (χ0n) is 33.5. The third kappa shape index (κ3) is 8.30. The molecule has 0 bridgehead atoms. The lowest BCUT2D eigenvalue weighted by Gasteiger charge is -2.37. The van der Waals surface area contributed by atoms with Crippen molar-refractivity contribution in [1.82, 2.24) is 29.6 Å². The summed E-state index contributed by atoms with van der Waals surface area (Å²) < 4.78 is 16.0. The lowest BCUT2D eigenvalue weighted by Crippen LogP contribution is -2.45. The van der Waals surface area contributed by atoms with Gasteiger partial charge in [0.05, 0.1) is 17.9 Å². The number of likely N-dealkylation sites (N-methyl/N-ethyl adjacent to an activating group) is 1. The maximum Gasteiger partial charge on any atom is 0.420 e. The summed E-state index contributed by atoms with van der Waals surface area (Å²) in [5.74, 6) is 0.650. The minimum atomic E-state index is -1.74. The molecule has 12 heteroatoms. The van der Waals surface area contributed by atoms with Crippen LogP contribution in [0.25, 0.3) is 22.9 Å². The summed E-state index contributed by atoms with van der Waals surface area (Å²) in [5, 5.41) is 5.10. The Hall–Kier alpha value is -3.58. The van der Waals surface area contributed by atoms with Crippen molar-refractivity contribution in [1.29, 1.82) is 0 Å². The van der Waals surface area contributed by atoms with Crippen molar-refractivity contribution in [2.45, 2.75) is 98.0 Å². The number of piperidine rings is 1. The number of carbonyl (C=O) groups is 1. The van der Waals surface area contributed by atoms with Gasteiger partial charge in [0, 0.05) is 92.8 Å². The zero-order valence-corrected chi connectivity index (χ0v) is 34.5. The Kier molecular flexibility index (Phi) is 10.8. The SMILES string of the molecule is Cc1cc(C2=Cc3c(-c4cnn(C5CCN(CCO[Si](C)(C)C(C)(C)C)CC5)c4)cn(C(=O)OC(C)(C)C)c3NN2)cc(C)c1N1CCN(C)CC1. The number of piperazine rings is 1. The minimum absolute atomic E-state index is 0.225. The quantitative estimate of drug-likeness (QED) is 0.228. The number of rotatable bonds is 8. The fourth-order valence-corrected chi connectivity index (χ4v) is 8.35. The maximum absolute atomic E-state index is 13.5. The number of fused-ring (bicyclic) bond motifs is 1. The number of likely N-dealkylation sites (tertiary alicyclic amines) is 1. The molecule has 0 atom stereocenters. The van der Waals surface area contributed by atoms with Crippen molar-refractivity contribution >= 4 is 37.7 Å². The summed E-state index contributed by atoms with van der Waals surface area (Å²) in [6.07, 6.45) is 9.75. The average Bonchev–Trinajstić information content (AvgIpc) is 3.69. The van der Waals surface area contributed by atoms with Crippen LogP contribution in [0.1, 0.15) is 82.7 Å². The second-order valence-corrected chi connectivity index (χ2v) is 22.4. The predicted molar refractivity (Wildman–Crippen MR) is 215 cm³/mol. The number of aromatic nitrogens is 3. The summed E-state index contributed by atoms with van der Waals surface area (Å²) in [6, 6.07) is 4.85. The molecule has 2 saturated heterocycles. The highest BCUT2D eigenvalue weighted by atomic mass is 28.4. The monoisotopic (exact) mass is 730 g/mol. The number of ether oxygens (including phenoxy) is 1. The molecule has 3 aromatic rings. The first kappa shape index (κ1) is 38.2. The van der Waals surface area contributed by atoms with Gasteiger partial charge in [-0.15, -0.1) is 0 Å². The molecule has 284 valence electrons. The Morgan fingerprint density at radius 2 is 1.58 bits per heavy atom. The van der Waals surface area contributed by atoms with E-state index in [1.165, 1.54) is 16.8 Å². The third-order valence-electron chi connectivity index (χ3n) is 11.4. The number of nitrogens with zero attached hydrogens (tertiary/aromatic N) is 6. The number of benzene rings is 1. The zero-order chi connectivity index (χ0) is 37.6. The van der Waals surface area contributed by atoms with E-state index in [2.05, 4.69) is 109 Å². The molecule has 0 spiro atoms. The topological polar surface area (TPSA) is 92.1 Å². The van der Waals surface area contributed by atoms with Crippen molar-refractivity contribution < 1.29 is 14.0 Å². The fourth-order valence-electron chi connectivity index (χ4n) is 7.31. The van der Waals surface area contributed by atoms with Gasteiger partial charge < -0.3 is 23.9 Å². The highest BCUT2D eigenvalue weighted by Crippen LogP contribution is 2.39. The molecule has 11 nitrogen and oxygen atoms in total. The van der Waals surface area contributed by atoms with Crippen molar-refractivity contribution in [3.05, 3.63) is 53.0 Å². The normalized spacial score (nSPS) is 18.1. The lowest BCUT2D eigenvalue weighted by atomic mass is 9.98. The summed E-state index contributed by atoms with van der Waals surface area (Å²) in [4.78, 5) is 20.9. The predicted octanol–water partition coefficient (Wildman–Crippen LogP) is 7.59. The second kappa shape index (κ2) is 14.7. The van der Waals surface area contributed by atoms with Crippen LogP contribution in [0, 0.1) is 13.8 Å². The van der Waals surface area contributed by atoms with Gasteiger partial charge in [-0.1, -0.05) is 20.8 Å². The van der Waals surface area contributed by atoms with Crippen LogP contribution in [0.3, 0.4) is 0 Å². The van der Waals surface area contributed by atoms with E-state index in [1.807, 2.05) is 33.2 Å². The molecule has 0 amide bonds. The van der Waals surface area contributed by atoms with Crippen LogP contribution in [0.15, 0.2) is 30.7 Å². The molecule has 0 radical (unpaired) electrons. The molecule has 6 rings (SSSR count). The van der Waals surface area contributed by atoms with Crippen molar-refractivity contribution in [2.24, 2.45) is 0 Å². The molecule has 2 aromatic heterocycles. The standard InChI is InChI=1S/C40H62N8O3Si/c1-28-22-30(23-29(2)36(28)46-18-16-44(9)17-19-46)35-24-33-34(27-47(37(33)43-42-35)38(49)51-39(3,4)5)31-25-41-48(26-31)32-12-14-45(15-13-32)20-21-50-52(10,11)40(6,7)8/h22-27,32,42-43H,12-21H2,1-11H3. The Labute approximate surface area is 312 Å². The van der Waals surface area contributed by atoms with Crippen molar-refractivity contribution in [3.8, 4) is 11.1 Å². The van der Waals surface area contributed by atoms with E-state index in [0.29, 0.717) is 11.9 Å². The molecule has 0 unspecified atom stereocenters. The molecular weight excluding hydrogens is 669 g/mol.